The van der Waals surface area contributed by atoms with Crippen molar-refractivity contribution in [2.75, 3.05) is 0 Å². The summed E-state index contributed by atoms with van der Waals surface area (Å²) in [6.45, 7) is 0.340. The molecule has 0 aliphatic heterocycles. The molecule has 0 unspecified atom stereocenters. The van der Waals surface area contributed by atoms with Gasteiger partial charge in [-0.25, -0.2) is 0 Å². The van der Waals surface area contributed by atoms with E-state index in [1.807, 2.05) is 18.2 Å². The Morgan fingerprint density at radius 3 is 2.68 bits per heavy atom. The summed E-state index contributed by atoms with van der Waals surface area (Å²) < 4.78 is 6.24. The highest BCUT2D eigenvalue weighted by molar-refractivity contribution is 9.10. The molecule has 2 aromatic carbocycles. The number of nitrogens with zero attached hydrogens (tertiary/aromatic N) is 1. The van der Waals surface area contributed by atoms with E-state index in [1.165, 1.54) is 12.1 Å². The number of nitrogens with two attached hydrogens (primary N) is 1. The molecule has 0 saturated heterocycles. The van der Waals surface area contributed by atoms with Crippen molar-refractivity contribution in [3.63, 3.8) is 0 Å². The Hall–Kier alpha value is -1.92. The molecule has 0 amide bonds. The molecule has 0 saturated carbocycles. The van der Waals surface area contributed by atoms with Crippen LogP contribution in [0.25, 0.3) is 0 Å². The third kappa shape index (κ3) is 3.30. The first-order chi connectivity index (χ1) is 9.10. The third-order valence-electron chi connectivity index (χ3n) is 2.49. The number of ether oxygens (including phenoxy) is 1. The molecular formula is C13H11BrN2O3. The van der Waals surface area contributed by atoms with Crippen molar-refractivity contribution in [1.82, 2.24) is 0 Å². The molecule has 5 nitrogen and oxygen atoms in total. The number of rotatable bonds is 4. The fourth-order valence-electron chi connectivity index (χ4n) is 1.61. The van der Waals surface area contributed by atoms with E-state index in [0.29, 0.717) is 22.5 Å². The van der Waals surface area contributed by atoms with Crippen molar-refractivity contribution in [2.24, 2.45) is 5.73 Å². The Balaban J connectivity index is 2.35. The minimum atomic E-state index is -0.466. The van der Waals surface area contributed by atoms with Gasteiger partial charge in [0.25, 0.3) is 5.69 Å². The maximum absolute atomic E-state index is 10.8. The first-order valence-electron chi connectivity index (χ1n) is 5.51. The third-order valence-corrected chi connectivity index (χ3v) is 2.95. The van der Waals surface area contributed by atoms with Crippen molar-refractivity contribution in [2.45, 2.75) is 6.54 Å². The average molecular weight is 323 g/mol. The molecule has 0 aromatic heterocycles. The second-order valence-electron chi connectivity index (χ2n) is 3.82. The first kappa shape index (κ1) is 13.5. The summed E-state index contributed by atoms with van der Waals surface area (Å²) >= 11 is 3.22. The van der Waals surface area contributed by atoms with Gasteiger partial charge in [-0.2, -0.15) is 0 Å². The molecule has 0 spiro atoms. The summed E-state index contributed by atoms with van der Waals surface area (Å²) in [7, 11) is 0. The van der Waals surface area contributed by atoms with Crippen LogP contribution in [-0.4, -0.2) is 4.92 Å². The highest BCUT2D eigenvalue weighted by Crippen LogP contribution is 2.31. The van der Waals surface area contributed by atoms with Crippen LogP contribution in [-0.2, 0) is 6.54 Å². The SMILES string of the molecule is NCc1ccccc1Oc1cc(Br)cc([N+](=O)[O-])c1. The van der Waals surface area contributed by atoms with Crippen LogP contribution >= 0.6 is 15.9 Å². The van der Waals surface area contributed by atoms with Gasteiger partial charge < -0.3 is 10.5 Å². The van der Waals surface area contributed by atoms with Gasteiger partial charge in [-0.05, 0) is 12.1 Å². The predicted molar refractivity (Wildman–Crippen MR) is 75.2 cm³/mol. The second-order valence-corrected chi connectivity index (χ2v) is 4.73. The lowest BCUT2D eigenvalue weighted by Gasteiger charge is -2.09. The van der Waals surface area contributed by atoms with E-state index in [9.17, 15) is 10.1 Å². The van der Waals surface area contributed by atoms with Crippen molar-refractivity contribution in [1.29, 1.82) is 0 Å². The number of para-hydroxylation sites is 1. The predicted octanol–water partition coefficient (Wildman–Crippen LogP) is 3.61. The number of nitro groups is 1. The standard InChI is InChI=1S/C13H11BrN2O3/c14-10-5-11(16(17)18)7-12(6-10)19-13-4-2-1-3-9(13)8-15/h1-7H,8,15H2. The Bertz CT molecular complexity index is 617. The molecule has 19 heavy (non-hydrogen) atoms. The number of halogens is 1. The van der Waals surface area contributed by atoms with Crippen molar-refractivity contribution >= 4 is 21.6 Å². The number of benzene rings is 2. The zero-order chi connectivity index (χ0) is 13.8. The maximum Gasteiger partial charge on any atom is 0.274 e. The van der Waals surface area contributed by atoms with Crippen LogP contribution in [0.4, 0.5) is 5.69 Å². The fraction of sp³-hybridized carbons (Fsp3) is 0.0769. The minimum absolute atomic E-state index is 0.0328. The lowest BCUT2D eigenvalue weighted by Crippen LogP contribution is -1.99. The van der Waals surface area contributed by atoms with Crippen LogP contribution in [0, 0.1) is 10.1 Å². The quantitative estimate of drug-likeness (QED) is 0.689. The number of hydrogen-bond donors (Lipinski definition) is 1. The number of hydrogen-bond acceptors (Lipinski definition) is 4. The van der Waals surface area contributed by atoms with Crippen LogP contribution in [0.1, 0.15) is 5.56 Å². The molecule has 6 heteroatoms. The zero-order valence-electron chi connectivity index (χ0n) is 9.88. The summed E-state index contributed by atoms with van der Waals surface area (Å²) in [4.78, 5) is 10.3. The Morgan fingerprint density at radius 1 is 1.26 bits per heavy atom. The molecule has 2 aromatic rings. The van der Waals surface area contributed by atoms with E-state index < -0.39 is 4.92 Å². The lowest BCUT2D eigenvalue weighted by atomic mass is 10.2. The fourth-order valence-corrected chi connectivity index (χ4v) is 2.07. The summed E-state index contributed by atoms with van der Waals surface area (Å²) in [5.41, 5.74) is 6.42. The molecule has 98 valence electrons. The highest BCUT2D eigenvalue weighted by atomic mass is 79.9. The van der Waals surface area contributed by atoms with Gasteiger partial charge in [0, 0.05) is 22.6 Å². The van der Waals surface area contributed by atoms with Crippen molar-refractivity contribution in [3.05, 3.63) is 62.6 Å². The number of non-ortho nitro benzene ring substituents is 1. The molecule has 0 radical (unpaired) electrons. The Morgan fingerprint density at radius 2 is 2.00 bits per heavy atom. The highest BCUT2D eigenvalue weighted by Gasteiger charge is 2.11. The van der Waals surface area contributed by atoms with Crippen LogP contribution in [0.3, 0.4) is 0 Å². The summed E-state index contributed by atoms with van der Waals surface area (Å²) in [6.07, 6.45) is 0. The molecule has 0 atom stereocenters. The van der Waals surface area contributed by atoms with Gasteiger partial charge in [0.05, 0.1) is 11.0 Å². The van der Waals surface area contributed by atoms with Gasteiger partial charge in [-0.1, -0.05) is 34.1 Å². The van der Waals surface area contributed by atoms with E-state index in [1.54, 1.807) is 12.1 Å². The van der Waals surface area contributed by atoms with Gasteiger partial charge in [0.15, 0.2) is 0 Å². The van der Waals surface area contributed by atoms with Crippen LogP contribution < -0.4 is 10.5 Å². The Kier molecular flexibility index (Phi) is 4.13. The molecule has 2 N–H and O–H groups in total. The van der Waals surface area contributed by atoms with Gasteiger partial charge in [0.2, 0.25) is 0 Å². The summed E-state index contributed by atoms with van der Waals surface area (Å²) in [5.74, 6) is 0.986. The van der Waals surface area contributed by atoms with Gasteiger partial charge >= 0.3 is 0 Å². The van der Waals surface area contributed by atoms with E-state index in [2.05, 4.69) is 15.9 Å². The topological polar surface area (TPSA) is 78.4 Å². The minimum Gasteiger partial charge on any atom is -0.457 e. The molecule has 0 heterocycles. The van der Waals surface area contributed by atoms with E-state index in [0.717, 1.165) is 5.56 Å². The van der Waals surface area contributed by atoms with Crippen LogP contribution in [0.2, 0.25) is 0 Å². The lowest BCUT2D eigenvalue weighted by molar-refractivity contribution is -0.385. The maximum atomic E-state index is 10.8. The van der Waals surface area contributed by atoms with Crippen molar-refractivity contribution < 1.29 is 9.66 Å². The van der Waals surface area contributed by atoms with E-state index in [4.69, 9.17) is 10.5 Å². The van der Waals surface area contributed by atoms with Gasteiger partial charge in [-0.3, -0.25) is 10.1 Å². The smallest absolute Gasteiger partial charge is 0.274 e. The second kappa shape index (κ2) is 5.81. The molecule has 2 rings (SSSR count). The molecule has 0 aliphatic carbocycles. The normalized spacial score (nSPS) is 10.2. The Labute approximate surface area is 118 Å². The molecular weight excluding hydrogens is 312 g/mol. The molecule has 0 bridgehead atoms. The summed E-state index contributed by atoms with van der Waals surface area (Å²) in [6, 6.07) is 11.8. The van der Waals surface area contributed by atoms with Crippen LogP contribution in [0.15, 0.2) is 46.9 Å². The largest absolute Gasteiger partial charge is 0.457 e. The zero-order valence-corrected chi connectivity index (χ0v) is 11.5. The first-order valence-corrected chi connectivity index (χ1v) is 6.30. The average Bonchev–Trinajstić information content (AvgIpc) is 2.38. The molecule has 0 fully saturated rings. The van der Waals surface area contributed by atoms with Crippen molar-refractivity contribution in [3.8, 4) is 11.5 Å². The monoisotopic (exact) mass is 322 g/mol. The van der Waals surface area contributed by atoms with Gasteiger partial charge in [-0.15, -0.1) is 0 Å². The van der Waals surface area contributed by atoms with Crippen LogP contribution in [0.5, 0.6) is 11.5 Å². The number of nitro benzene ring substituents is 1. The van der Waals surface area contributed by atoms with Gasteiger partial charge in [0.1, 0.15) is 11.5 Å². The van der Waals surface area contributed by atoms with E-state index >= 15 is 0 Å². The van der Waals surface area contributed by atoms with E-state index in [-0.39, 0.29) is 5.69 Å². The summed E-state index contributed by atoms with van der Waals surface area (Å²) in [5, 5.41) is 10.8. The molecule has 0 aliphatic rings.